The third-order valence-electron chi connectivity index (χ3n) is 4.06. The van der Waals surface area contributed by atoms with Crippen molar-refractivity contribution in [2.24, 2.45) is 5.41 Å². The Labute approximate surface area is 117 Å². The molecule has 0 saturated carbocycles. The number of rotatable bonds is 9. The number of benzene rings is 1. The fourth-order valence-corrected chi connectivity index (χ4v) is 2.19. The average Bonchev–Trinajstić information content (AvgIpc) is 2.48. The van der Waals surface area contributed by atoms with Crippen LogP contribution in [0.5, 0.6) is 5.75 Å². The van der Waals surface area contributed by atoms with Crippen molar-refractivity contribution < 1.29 is 9.84 Å². The van der Waals surface area contributed by atoms with Crippen LogP contribution in [0.15, 0.2) is 24.3 Å². The maximum atomic E-state index is 9.50. The zero-order chi connectivity index (χ0) is 14.1. The van der Waals surface area contributed by atoms with Crippen molar-refractivity contribution >= 4 is 0 Å². The number of ether oxygens (including phenoxy) is 1. The first-order valence-corrected chi connectivity index (χ1v) is 7.14. The molecule has 0 aromatic heterocycles. The van der Waals surface area contributed by atoms with Gasteiger partial charge in [0.25, 0.3) is 0 Å². The number of hydrogen-bond donors (Lipinski definition) is 2. The molecule has 0 spiro atoms. The molecule has 108 valence electrons. The Morgan fingerprint density at radius 3 is 2.58 bits per heavy atom. The fraction of sp³-hybridized carbons (Fsp3) is 0.625. The van der Waals surface area contributed by atoms with E-state index in [2.05, 4.69) is 31.3 Å². The monoisotopic (exact) mass is 265 g/mol. The van der Waals surface area contributed by atoms with Crippen molar-refractivity contribution in [3.8, 4) is 5.75 Å². The fourth-order valence-electron chi connectivity index (χ4n) is 2.19. The van der Waals surface area contributed by atoms with Crippen molar-refractivity contribution in [1.82, 2.24) is 5.32 Å². The molecule has 0 aliphatic heterocycles. The van der Waals surface area contributed by atoms with Gasteiger partial charge in [-0.1, -0.05) is 26.0 Å². The summed E-state index contributed by atoms with van der Waals surface area (Å²) in [6, 6.07) is 8.16. The van der Waals surface area contributed by atoms with Gasteiger partial charge in [-0.3, -0.25) is 0 Å². The molecule has 0 bridgehead atoms. The van der Waals surface area contributed by atoms with Crippen LogP contribution in [0.3, 0.4) is 0 Å². The lowest BCUT2D eigenvalue weighted by Gasteiger charge is -2.29. The lowest BCUT2D eigenvalue weighted by atomic mass is 9.83. The number of aliphatic hydroxyl groups is 1. The minimum atomic E-state index is 0.0361. The van der Waals surface area contributed by atoms with Crippen molar-refractivity contribution in [2.75, 3.05) is 26.8 Å². The molecule has 3 nitrogen and oxygen atoms in total. The minimum absolute atomic E-state index is 0.0361. The highest BCUT2D eigenvalue weighted by Crippen LogP contribution is 2.24. The van der Waals surface area contributed by atoms with Gasteiger partial charge < -0.3 is 15.2 Å². The summed E-state index contributed by atoms with van der Waals surface area (Å²) in [5, 5.41) is 13.0. The topological polar surface area (TPSA) is 41.5 Å². The van der Waals surface area contributed by atoms with Gasteiger partial charge in [-0.2, -0.15) is 0 Å². The standard InChI is InChI=1S/C16H27NO2/c1-4-16(5-2,13-18)12-17-10-9-14-7-6-8-15(11-14)19-3/h6-8,11,17-18H,4-5,9-10,12-13H2,1-3H3. The van der Waals surface area contributed by atoms with Gasteiger partial charge in [0.15, 0.2) is 0 Å². The van der Waals surface area contributed by atoms with E-state index >= 15 is 0 Å². The number of hydrogen-bond acceptors (Lipinski definition) is 3. The summed E-state index contributed by atoms with van der Waals surface area (Å²) in [7, 11) is 1.69. The van der Waals surface area contributed by atoms with Gasteiger partial charge in [-0.25, -0.2) is 0 Å². The Hall–Kier alpha value is -1.06. The lowest BCUT2D eigenvalue weighted by Crippen LogP contribution is -2.37. The Kier molecular flexibility index (Phi) is 6.89. The average molecular weight is 265 g/mol. The summed E-state index contributed by atoms with van der Waals surface area (Å²) >= 11 is 0. The predicted octanol–water partition coefficient (Wildman–Crippen LogP) is 2.63. The molecule has 0 aliphatic rings. The van der Waals surface area contributed by atoms with Crippen LogP contribution in [0, 0.1) is 5.41 Å². The molecule has 3 heteroatoms. The number of nitrogens with one attached hydrogen (secondary N) is 1. The summed E-state index contributed by atoms with van der Waals surface area (Å²) in [5.41, 5.74) is 1.31. The van der Waals surface area contributed by atoms with E-state index in [4.69, 9.17) is 4.74 Å². The van der Waals surface area contributed by atoms with Gasteiger partial charge in [0, 0.05) is 18.6 Å². The summed E-state index contributed by atoms with van der Waals surface area (Å²) in [6.45, 7) is 6.34. The molecular weight excluding hydrogens is 238 g/mol. The second kappa shape index (κ2) is 8.18. The van der Waals surface area contributed by atoms with Crippen LogP contribution < -0.4 is 10.1 Å². The smallest absolute Gasteiger partial charge is 0.119 e. The number of aliphatic hydroxyl groups excluding tert-OH is 1. The van der Waals surface area contributed by atoms with Crippen LogP contribution in [0.25, 0.3) is 0 Å². The van der Waals surface area contributed by atoms with E-state index in [1.165, 1.54) is 5.56 Å². The number of methoxy groups -OCH3 is 1. The van der Waals surface area contributed by atoms with Gasteiger partial charge in [-0.15, -0.1) is 0 Å². The van der Waals surface area contributed by atoms with Crippen LogP contribution >= 0.6 is 0 Å². The Morgan fingerprint density at radius 1 is 1.26 bits per heavy atom. The first-order chi connectivity index (χ1) is 9.19. The molecule has 1 rings (SSSR count). The van der Waals surface area contributed by atoms with Gasteiger partial charge in [-0.05, 0) is 43.5 Å². The van der Waals surface area contributed by atoms with Crippen molar-refractivity contribution in [2.45, 2.75) is 33.1 Å². The molecule has 1 aromatic carbocycles. The van der Waals surface area contributed by atoms with Crippen molar-refractivity contribution in [1.29, 1.82) is 0 Å². The molecule has 1 aromatic rings. The lowest BCUT2D eigenvalue weighted by molar-refractivity contribution is 0.113. The maximum Gasteiger partial charge on any atom is 0.119 e. The van der Waals surface area contributed by atoms with Crippen LogP contribution in [0.2, 0.25) is 0 Å². The molecule has 2 N–H and O–H groups in total. The molecular formula is C16H27NO2. The highest BCUT2D eigenvalue weighted by molar-refractivity contribution is 5.28. The van der Waals surface area contributed by atoms with Gasteiger partial charge in [0.2, 0.25) is 0 Å². The zero-order valence-electron chi connectivity index (χ0n) is 12.4. The van der Waals surface area contributed by atoms with E-state index in [9.17, 15) is 5.11 Å². The molecule has 0 heterocycles. The minimum Gasteiger partial charge on any atom is -0.497 e. The van der Waals surface area contributed by atoms with E-state index < -0.39 is 0 Å². The first kappa shape index (κ1) is 16.0. The molecule has 0 unspecified atom stereocenters. The summed E-state index contributed by atoms with van der Waals surface area (Å²) in [6.07, 6.45) is 2.99. The largest absolute Gasteiger partial charge is 0.497 e. The van der Waals surface area contributed by atoms with Crippen molar-refractivity contribution in [3.05, 3.63) is 29.8 Å². The molecule has 19 heavy (non-hydrogen) atoms. The third-order valence-corrected chi connectivity index (χ3v) is 4.06. The normalized spacial score (nSPS) is 11.6. The molecule has 0 aliphatic carbocycles. The molecule has 0 amide bonds. The van der Waals surface area contributed by atoms with E-state index in [1.54, 1.807) is 7.11 Å². The Bertz CT molecular complexity index is 353. The molecule has 0 fully saturated rings. The molecule has 0 radical (unpaired) electrons. The Morgan fingerprint density at radius 2 is 2.00 bits per heavy atom. The third kappa shape index (κ3) is 4.84. The molecule has 0 saturated heterocycles. The van der Waals surface area contributed by atoms with Crippen LogP contribution in [-0.2, 0) is 6.42 Å². The van der Waals surface area contributed by atoms with E-state index in [0.29, 0.717) is 0 Å². The van der Waals surface area contributed by atoms with Gasteiger partial charge in [0.1, 0.15) is 5.75 Å². The van der Waals surface area contributed by atoms with E-state index in [-0.39, 0.29) is 12.0 Å². The highest BCUT2D eigenvalue weighted by Gasteiger charge is 2.24. The zero-order valence-corrected chi connectivity index (χ0v) is 12.4. The quantitative estimate of drug-likeness (QED) is 0.674. The SMILES string of the molecule is CCC(CC)(CO)CNCCc1cccc(OC)c1. The van der Waals surface area contributed by atoms with Crippen molar-refractivity contribution in [3.63, 3.8) is 0 Å². The summed E-state index contributed by atoms with van der Waals surface area (Å²) < 4.78 is 5.21. The van der Waals surface area contributed by atoms with E-state index in [1.807, 2.05) is 12.1 Å². The van der Waals surface area contributed by atoms with Crippen LogP contribution in [0.1, 0.15) is 32.3 Å². The van der Waals surface area contributed by atoms with Crippen LogP contribution in [-0.4, -0.2) is 31.9 Å². The van der Waals surface area contributed by atoms with Crippen LogP contribution in [0.4, 0.5) is 0 Å². The molecule has 0 atom stereocenters. The Balaban J connectivity index is 2.37. The maximum absolute atomic E-state index is 9.50. The van der Waals surface area contributed by atoms with E-state index in [0.717, 1.165) is 38.1 Å². The second-order valence-electron chi connectivity index (χ2n) is 5.14. The summed E-state index contributed by atoms with van der Waals surface area (Å²) in [5.74, 6) is 0.907. The van der Waals surface area contributed by atoms with Gasteiger partial charge >= 0.3 is 0 Å². The highest BCUT2D eigenvalue weighted by atomic mass is 16.5. The first-order valence-electron chi connectivity index (χ1n) is 7.14. The predicted molar refractivity (Wildman–Crippen MR) is 79.7 cm³/mol. The summed E-state index contributed by atoms with van der Waals surface area (Å²) in [4.78, 5) is 0. The van der Waals surface area contributed by atoms with Gasteiger partial charge in [0.05, 0.1) is 7.11 Å². The second-order valence-corrected chi connectivity index (χ2v) is 5.14.